The number of ether oxygens (including phenoxy) is 1. The minimum absolute atomic E-state index is 0.0724. The summed E-state index contributed by atoms with van der Waals surface area (Å²) in [6.07, 6.45) is 1.29. The molecule has 33 heavy (non-hydrogen) atoms. The number of piperidine rings is 1. The molecule has 2 aromatic carbocycles. The van der Waals surface area contributed by atoms with Gasteiger partial charge < -0.3 is 9.64 Å². The van der Waals surface area contributed by atoms with Gasteiger partial charge in [0.15, 0.2) is 0 Å². The highest BCUT2D eigenvalue weighted by molar-refractivity contribution is 7.18. The zero-order chi connectivity index (χ0) is 23.0. The lowest BCUT2D eigenvalue weighted by Gasteiger charge is -2.41. The Morgan fingerprint density at radius 2 is 1.85 bits per heavy atom. The summed E-state index contributed by atoms with van der Waals surface area (Å²) >= 11 is 1.72. The summed E-state index contributed by atoms with van der Waals surface area (Å²) in [5, 5.41) is 1.09. The minimum atomic E-state index is -0.741. The molecule has 0 aliphatic carbocycles. The van der Waals surface area contributed by atoms with E-state index in [1.165, 1.54) is 9.60 Å². The van der Waals surface area contributed by atoms with Gasteiger partial charge in [-0.05, 0) is 49.6 Å². The van der Waals surface area contributed by atoms with Crippen molar-refractivity contribution in [2.45, 2.75) is 38.4 Å². The smallest absolute Gasteiger partial charge is 0.327 e. The first-order valence-corrected chi connectivity index (χ1v) is 12.2. The van der Waals surface area contributed by atoms with Crippen LogP contribution in [0.3, 0.4) is 0 Å². The summed E-state index contributed by atoms with van der Waals surface area (Å²) in [6.45, 7) is 5.04. The number of likely N-dealkylation sites (tertiary alicyclic amines) is 1. The largest absolute Gasteiger partial charge is 0.497 e. The molecule has 5 rings (SSSR count). The van der Waals surface area contributed by atoms with Crippen molar-refractivity contribution in [2.75, 3.05) is 26.7 Å². The molecular formula is C25H28N4O3S. The number of likely N-dealkylation sites (N-methyl/N-ethyl adjacent to an activating group) is 1. The molecule has 2 aliphatic rings. The van der Waals surface area contributed by atoms with E-state index < -0.39 is 5.54 Å². The Kier molecular flexibility index (Phi) is 5.80. The molecule has 2 saturated heterocycles. The summed E-state index contributed by atoms with van der Waals surface area (Å²) in [5.74, 6) is 0.647. The second-order valence-corrected chi connectivity index (χ2v) is 9.77. The van der Waals surface area contributed by atoms with E-state index in [0.717, 1.165) is 41.5 Å². The van der Waals surface area contributed by atoms with Crippen molar-refractivity contribution in [2.24, 2.45) is 0 Å². The van der Waals surface area contributed by atoms with Crippen molar-refractivity contribution in [3.8, 4) is 5.75 Å². The maximum absolute atomic E-state index is 13.6. The van der Waals surface area contributed by atoms with Gasteiger partial charge in [0.25, 0.3) is 5.91 Å². The average molecular weight is 465 g/mol. The van der Waals surface area contributed by atoms with Gasteiger partial charge in [-0.3, -0.25) is 14.6 Å². The molecule has 0 atom stereocenters. The molecule has 0 saturated carbocycles. The van der Waals surface area contributed by atoms with Crippen LogP contribution in [0.5, 0.6) is 5.75 Å². The predicted molar refractivity (Wildman–Crippen MR) is 128 cm³/mol. The third-order valence-corrected chi connectivity index (χ3v) is 7.81. The number of benzene rings is 2. The highest BCUT2D eigenvalue weighted by Crippen LogP contribution is 2.38. The minimum Gasteiger partial charge on any atom is -0.497 e. The molecule has 2 fully saturated rings. The van der Waals surface area contributed by atoms with E-state index in [1.807, 2.05) is 49.4 Å². The standard InChI is InChI=1S/C25H28N4O3S/c1-3-29-24(31)28(16-18-7-6-8-19(15-18)32-2)23(30)25(29)11-13-27(14-12-25)17-22-26-20-9-4-5-10-21(20)33-22/h4-10,15H,3,11-14,16-17H2,1-2H3. The molecule has 0 N–H and O–H groups in total. The number of aromatic nitrogens is 1. The zero-order valence-corrected chi connectivity index (χ0v) is 19.8. The SMILES string of the molecule is CCN1C(=O)N(Cc2cccc(OC)c2)C(=O)C12CCN(Cc1nc3ccccc3s1)CC2. The van der Waals surface area contributed by atoms with Gasteiger partial charge in [0.05, 0.1) is 30.4 Å². The first-order chi connectivity index (χ1) is 16.0. The van der Waals surface area contributed by atoms with E-state index in [-0.39, 0.29) is 18.5 Å². The molecule has 8 heteroatoms. The van der Waals surface area contributed by atoms with Crippen LogP contribution < -0.4 is 4.74 Å². The van der Waals surface area contributed by atoms with Gasteiger partial charge in [-0.1, -0.05) is 24.3 Å². The van der Waals surface area contributed by atoms with Crippen LogP contribution in [-0.2, 0) is 17.9 Å². The van der Waals surface area contributed by atoms with Crippen LogP contribution >= 0.6 is 11.3 Å². The van der Waals surface area contributed by atoms with Crippen LogP contribution in [0.1, 0.15) is 30.3 Å². The molecule has 172 valence electrons. The maximum Gasteiger partial charge on any atom is 0.327 e. The molecule has 0 unspecified atom stereocenters. The first kappa shape index (κ1) is 21.9. The zero-order valence-electron chi connectivity index (χ0n) is 19.0. The topological polar surface area (TPSA) is 66.0 Å². The van der Waals surface area contributed by atoms with Crippen molar-refractivity contribution in [3.63, 3.8) is 0 Å². The molecule has 0 radical (unpaired) electrons. The lowest BCUT2D eigenvalue weighted by Crippen LogP contribution is -2.56. The second-order valence-electron chi connectivity index (χ2n) is 8.65. The van der Waals surface area contributed by atoms with Gasteiger partial charge in [-0.2, -0.15) is 0 Å². The Morgan fingerprint density at radius 1 is 1.06 bits per heavy atom. The van der Waals surface area contributed by atoms with Crippen LogP contribution in [0.2, 0.25) is 0 Å². The van der Waals surface area contributed by atoms with Crippen molar-refractivity contribution in [1.29, 1.82) is 0 Å². The van der Waals surface area contributed by atoms with Crippen molar-refractivity contribution >= 4 is 33.5 Å². The second kappa shape index (κ2) is 8.76. The van der Waals surface area contributed by atoms with Crippen molar-refractivity contribution < 1.29 is 14.3 Å². The van der Waals surface area contributed by atoms with E-state index in [4.69, 9.17) is 9.72 Å². The van der Waals surface area contributed by atoms with Gasteiger partial charge in [-0.15, -0.1) is 11.3 Å². The van der Waals surface area contributed by atoms with Gasteiger partial charge in [0.2, 0.25) is 0 Å². The van der Waals surface area contributed by atoms with Crippen molar-refractivity contribution in [1.82, 2.24) is 19.7 Å². The number of rotatable bonds is 6. The summed E-state index contributed by atoms with van der Waals surface area (Å²) in [7, 11) is 1.61. The Balaban J connectivity index is 1.30. The summed E-state index contributed by atoms with van der Waals surface area (Å²) in [6, 6.07) is 15.5. The number of fused-ring (bicyclic) bond motifs is 1. The van der Waals surface area contributed by atoms with Crippen LogP contribution in [-0.4, -0.2) is 63.9 Å². The van der Waals surface area contributed by atoms with E-state index in [1.54, 1.807) is 23.3 Å². The molecule has 1 aromatic heterocycles. The fourth-order valence-corrected chi connectivity index (χ4v) is 6.07. The van der Waals surface area contributed by atoms with Gasteiger partial charge in [-0.25, -0.2) is 9.78 Å². The number of urea groups is 1. The van der Waals surface area contributed by atoms with Crippen LogP contribution in [0.4, 0.5) is 4.79 Å². The molecule has 3 heterocycles. The number of thiazole rings is 1. The fourth-order valence-electron chi connectivity index (χ4n) is 5.06. The molecule has 7 nitrogen and oxygen atoms in total. The number of methoxy groups -OCH3 is 1. The predicted octanol–water partition coefficient (Wildman–Crippen LogP) is 4.12. The highest BCUT2D eigenvalue weighted by Gasteiger charge is 2.57. The quantitative estimate of drug-likeness (QED) is 0.514. The molecular weight excluding hydrogens is 436 g/mol. The van der Waals surface area contributed by atoms with E-state index in [9.17, 15) is 9.59 Å². The number of para-hydroxylation sites is 1. The first-order valence-electron chi connectivity index (χ1n) is 11.4. The summed E-state index contributed by atoms with van der Waals surface area (Å²) in [4.78, 5) is 37.1. The number of imide groups is 1. The normalized spacial score (nSPS) is 18.6. The number of carbonyl (C=O) groups excluding carboxylic acids is 2. The summed E-state index contributed by atoms with van der Waals surface area (Å²) in [5.41, 5.74) is 1.18. The van der Waals surface area contributed by atoms with E-state index in [0.29, 0.717) is 19.4 Å². The maximum atomic E-state index is 13.6. The Bertz CT molecular complexity index is 1150. The molecule has 3 aromatic rings. The van der Waals surface area contributed by atoms with Crippen LogP contribution in [0.15, 0.2) is 48.5 Å². The Morgan fingerprint density at radius 3 is 2.58 bits per heavy atom. The number of carbonyl (C=O) groups is 2. The van der Waals surface area contributed by atoms with Gasteiger partial charge >= 0.3 is 6.03 Å². The highest BCUT2D eigenvalue weighted by atomic mass is 32.1. The Labute approximate surface area is 197 Å². The number of hydrogen-bond donors (Lipinski definition) is 0. The summed E-state index contributed by atoms with van der Waals surface area (Å²) < 4.78 is 6.49. The average Bonchev–Trinajstić information content (AvgIpc) is 3.33. The van der Waals surface area contributed by atoms with Gasteiger partial charge in [0.1, 0.15) is 16.3 Å². The van der Waals surface area contributed by atoms with E-state index in [2.05, 4.69) is 11.0 Å². The molecule has 1 spiro atoms. The van der Waals surface area contributed by atoms with Crippen molar-refractivity contribution in [3.05, 3.63) is 59.1 Å². The lowest BCUT2D eigenvalue weighted by molar-refractivity contribution is -0.136. The van der Waals surface area contributed by atoms with Gasteiger partial charge in [0, 0.05) is 19.6 Å². The monoisotopic (exact) mass is 464 g/mol. The van der Waals surface area contributed by atoms with Crippen LogP contribution in [0.25, 0.3) is 10.2 Å². The number of hydrogen-bond acceptors (Lipinski definition) is 6. The molecule has 0 bridgehead atoms. The molecule has 3 amide bonds. The van der Waals surface area contributed by atoms with Crippen LogP contribution in [0, 0.1) is 0 Å². The Hall–Kier alpha value is -2.97. The lowest BCUT2D eigenvalue weighted by atomic mass is 9.85. The van der Waals surface area contributed by atoms with E-state index >= 15 is 0 Å². The number of nitrogens with zero attached hydrogens (tertiary/aromatic N) is 4. The third kappa shape index (κ3) is 3.87. The fraction of sp³-hybridized carbons (Fsp3) is 0.400. The number of amides is 3. The molecule has 2 aliphatic heterocycles. The third-order valence-electron chi connectivity index (χ3n) is 6.79.